The minimum Gasteiger partial charge on any atom is -0.471 e. The summed E-state index contributed by atoms with van der Waals surface area (Å²) >= 11 is 0. The van der Waals surface area contributed by atoms with Gasteiger partial charge in [0.05, 0.1) is 18.5 Å². The van der Waals surface area contributed by atoms with Gasteiger partial charge in [-0.3, -0.25) is 9.59 Å². The quantitative estimate of drug-likeness (QED) is 0.378. The molecule has 0 spiro atoms. The van der Waals surface area contributed by atoms with E-state index in [1.54, 1.807) is 24.3 Å². The van der Waals surface area contributed by atoms with E-state index in [0.717, 1.165) is 36.3 Å². The molecule has 0 aliphatic carbocycles. The van der Waals surface area contributed by atoms with E-state index in [0.29, 0.717) is 29.5 Å². The molecule has 4 rings (SSSR count). The topological polar surface area (TPSA) is 96.7 Å². The van der Waals surface area contributed by atoms with Crippen molar-refractivity contribution in [1.82, 2.24) is 5.32 Å². The van der Waals surface area contributed by atoms with Crippen molar-refractivity contribution in [2.24, 2.45) is 0 Å². The Kier molecular flexibility index (Phi) is 8.59. The van der Waals surface area contributed by atoms with Gasteiger partial charge in [-0.05, 0) is 73.1 Å². The Morgan fingerprint density at radius 1 is 1.09 bits per heavy atom. The molecule has 0 bridgehead atoms. The summed E-state index contributed by atoms with van der Waals surface area (Å²) < 4.78 is 17.0. The number of nitrogens with two attached hydrogens (primary N) is 1. The molecule has 1 atom stereocenters. The number of nitrogens with zero attached hydrogens (tertiary/aromatic N) is 1. The van der Waals surface area contributed by atoms with Crippen molar-refractivity contribution in [2.75, 3.05) is 43.2 Å². The van der Waals surface area contributed by atoms with Gasteiger partial charge in [-0.2, -0.15) is 0 Å². The summed E-state index contributed by atoms with van der Waals surface area (Å²) in [7, 11) is 3.30. The van der Waals surface area contributed by atoms with E-state index in [9.17, 15) is 9.18 Å². The highest BCUT2D eigenvalue weighted by Crippen LogP contribution is 2.28. The summed E-state index contributed by atoms with van der Waals surface area (Å²) in [6.07, 6.45) is 1.11. The summed E-state index contributed by atoms with van der Waals surface area (Å²) in [6, 6.07) is 19.7. The molecule has 3 aromatic rings. The lowest BCUT2D eigenvalue weighted by Crippen LogP contribution is -2.29. The van der Waals surface area contributed by atoms with E-state index in [-0.39, 0.29) is 11.7 Å². The second-order valence-corrected chi connectivity index (χ2v) is 7.86. The Balaban J connectivity index is 0.000000751. The first-order valence-corrected chi connectivity index (χ1v) is 10.9. The van der Waals surface area contributed by atoms with Gasteiger partial charge in [0.25, 0.3) is 12.4 Å². The van der Waals surface area contributed by atoms with Gasteiger partial charge in [0.2, 0.25) is 0 Å². The number of benzene rings is 3. The van der Waals surface area contributed by atoms with Crippen molar-refractivity contribution in [3.8, 4) is 11.1 Å². The van der Waals surface area contributed by atoms with Gasteiger partial charge < -0.3 is 26.0 Å². The summed E-state index contributed by atoms with van der Waals surface area (Å²) in [6.45, 7) is 2.35. The zero-order chi connectivity index (χ0) is 24.5. The molecule has 7 nitrogen and oxygen atoms in total. The fourth-order valence-electron chi connectivity index (χ4n) is 3.73. The fourth-order valence-corrected chi connectivity index (χ4v) is 3.73. The molecule has 34 heavy (non-hydrogen) atoms. The van der Waals surface area contributed by atoms with Crippen LogP contribution in [-0.4, -0.2) is 45.7 Å². The first-order valence-electron chi connectivity index (χ1n) is 10.9. The van der Waals surface area contributed by atoms with Crippen molar-refractivity contribution in [2.45, 2.75) is 12.5 Å². The van der Waals surface area contributed by atoms with Crippen LogP contribution in [0.25, 0.3) is 11.1 Å². The average molecular weight is 465 g/mol. The number of methoxy groups -OCH3 is 1. The number of nitrogen functional groups attached to an aromatic ring is 1. The maximum atomic E-state index is 13.2. The van der Waals surface area contributed by atoms with E-state index in [1.165, 1.54) is 19.2 Å². The third-order valence-electron chi connectivity index (χ3n) is 5.67. The molecule has 8 heteroatoms. The number of amides is 1. The number of carbonyl (C=O) groups is 2. The third-order valence-corrected chi connectivity index (χ3v) is 5.67. The van der Waals surface area contributed by atoms with E-state index >= 15 is 0 Å². The molecule has 178 valence electrons. The maximum absolute atomic E-state index is 13.2. The van der Waals surface area contributed by atoms with Crippen LogP contribution < -0.4 is 21.3 Å². The number of likely N-dealkylation sites (N-methyl/N-ethyl adjacent to an activating group) is 1. The highest BCUT2D eigenvalue weighted by Gasteiger charge is 2.21. The second kappa shape index (κ2) is 11.8. The van der Waals surface area contributed by atoms with Crippen LogP contribution in [0.3, 0.4) is 0 Å². The Bertz CT molecular complexity index is 1100. The minimum atomic E-state index is -0.290. The Labute approximate surface area is 198 Å². The number of hydrogen-bond donors (Lipinski definition) is 3. The highest BCUT2D eigenvalue weighted by atomic mass is 19.1. The second-order valence-electron chi connectivity index (χ2n) is 7.86. The van der Waals surface area contributed by atoms with Gasteiger partial charge in [0.15, 0.2) is 0 Å². The van der Waals surface area contributed by atoms with Gasteiger partial charge in [-0.25, -0.2) is 4.39 Å². The molecule has 1 saturated heterocycles. The zero-order valence-electron chi connectivity index (χ0n) is 19.3. The van der Waals surface area contributed by atoms with Gasteiger partial charge in [0, 0.05) is 30.4 Å². The first kappa shape index (κ1) is 24.7. The molecule has 1 unspecified atom stereocenters. The molecule has 1 heterocycles. The Hall–Kier alpha value is -3.91. The van der Waals surface area contributed by atoms with Crippen molar-refractivity contribution < 1.29 is 18.7 Å². The monoisotopic (exact) mass is 464 g/mol. The molecule has 0 radical (unpaired) electrons. The largest absolute Gasteiger partial charge is 0.471 e. The first-order chi connectivity index (χ1) is 16.4. The standard InChI is InChI=1S/C24H25FN4O.C2H4O2/c1-27-20-12-13-29(15-20)21-9-4-17(5-10-21)24(30)28-23-14-18(6-11-22(23)26)16-2-7-19(25)8-3-16;1-4-2-3/h2-11,14,20,27H,12-13,15,26H2,1H3,(H,28,30);2H,1H3. The SMILES string of the molecule is CNC1CCN(c2ccc(C(=O)Nc3cc(-c4ccc(F)cc4)ccc3N)cc2)C1.COC=O. The lowest BCUT2D eigenvalue weighted by Gasteiger charge is -2.19. The molecular weight excluding hydrogens is 435 g/mol. The predicted octanol–water partition coefficient (Wildman–Crippen LogP) is 3.91. The number of hydrogen-bond acceptors (Lipinski definition) is 6. The van der Waals surface area contributed by atoms with Gasteiger partial charge in [-0.1, -0.05) is 18.2 Å². The van der Waals surface area contributed by atoms with Crippen LogP contribution in [0.2, 0.25) is 0 Å². The van der Waals surface area contributed by atoms with E-state index < -0.39 is 0 Å². The zero-order valence-corrected chi connectivity index (χ0v) is 19.3. The fraction of sp³-hybridized carbons (Fsp3) is 0.231. The van der Waals surface area contributed by atoms with Crippen LogP contribution in [0.15, 0.2) is 66.7 Å². The molecule has 3 aromatic carbocycles. The van der Waals surface area contributed by atoms with Crippen LogP contribution in [0.5, 0.6) is 0 Å². The molecule has 4 N–H and O–H groups in total. The Morgan fingerprint density at radius 2 is 1.74 bits per heavy atom. The van der Waals surface area contributed by atoms with Crippen molar-refractivity contribution in [3.63, 3.8) is 0 Å². The minimum absolute atomic E-state index is 0.223. The van der Waals surface area contributed by atoms with E-state index in [4.69, 9.17) is 10.5 Å². The molecule has 1 amide bonds. The van der Waals surface area contributed by atoms with Gasteiger partial charge in [-0.15, -0.1) is 0 Å². The Morgan fingerprint density at radius 3 is 2.32 bits per heavy atom. The predicted molar refractivity (Wildman–Crippen MR) is 133 cm³/mol. The molecule has 0 aromatic heterocycles. The van der Waals surface area contributed by atoms with Gasteiger partial charge >= 0.3 is 0 Å². The molecule has 0 saturated carbocycles. The number of rotatable bonds is 6. The number of anilines is 3. The molecule has 1 fully saturated rings. The van der Waals surface area contributed by atoms with Crippen LogP contribution in [0, 0.1) is 5.82 Å². The lowest BCUT2D eigenvalue weighted by atomic mass is 10.0. The maximum Gasteiger partial charge on any atom is 0.292 e. The number of carbonyl (C=O) groups excluding carboxylic acids is 2. The van der Waals surface area contributed by atoms with Crippen molar-refractivity contribution in [3.05, 3.63) is 78.1 Å². The van der Waals surface area contributed by atoms with Crippen LogP contribution in [-0.2, 0) is 9.53 Å². The molecule has 1 aliphatic heterocycles. The molecule has 1 aliphatic rings. The number of halogens is 1. The van der Waals surface area contributed by atoms with Crippen LogP contribution in [0.4, 0.5) is 21.5 Å². The summed E-state index contributed by atoms with van der Waals surface area (Å²) in [4.78, 5) is 24.0. The van der Waals surface area contributed by atoms with Crippen LogP contribution >= 0.6 is 0 Å². The van der Waals surface area contributed by atoms with E-state index in [2.05, 4.69) is 20.3 Å². The summed E-state index contributed by atoms with van der Waals surface area (Å²) in [5.74, 6) is -0.513. The van der Waals surface area contributed by atoms with E-state index in [1.807, 2.05) is 37.4 Å². The van der Waals surface area contributed by atoms with Gasteiger partial charge in [0.1, 0.15) is 5.82 Å². The highest BCUT2D eigenvalue weighted by molar-refractivity contribution is 6.06. The third kappa shape index (κ3) is 6.32. The number of ether oxygens (including phenoxy) is 1. The van der Waals surface area contributed by atoms with Crippen molar-refractivity contribution in [1.29, 1.82) is 0 Å². The van der Waals surface area contributed by atoms with Crippen LogP contribution in [0.1, 0.15) is 16.8 Å². The summed E-state index contributed by atoms with van der Waals surface area (Å²) in [5, 5.41) is 6.20. The average Bonchev–Trinajstić information content (AvgIpc) is 3.35. The number of nitrogens with one attached hydrogen (secondary N) is 2. The summed E-state index contributed by atoms with van der Waals surface area (Å²) in [5.41, 5.74) is 10.4. The molecular formula is C26H29FN4O3. The normalized spacial score (nSPS) is 14.7. The lowest BCUT2D eigenvalue weighted by molar-refractivity contribution is -0.126. The smallest absolute Gasteiger partial charge is 0.292 e. The van der Waals surface area contributed by atoms with Crippen molar-refractivity contribution >= 4 is 29.4 Å².